The molecule has 0 saturated heterocycles. The van der Waals surface area contributed by atoms with Gasteiger partial charge in [-0.25, -0.2) is 13.6 Å². The zero-order valence-corrected chi connectivity index (χ0v) is 28.2. The minimum Gasteiger partial charge on any atom is -0.619 e. The Labute approximate surface area is 291 Å². The van der Waals surface area contributed by atoms with Crippen molar-refractivity contribution in [3.05, 3.63) is 86.3 Å². The molecule has 5 rings (SSSR count). The smallest absolute Gasteiger partial charge is 0.387 e. The molecular weight excluding hydrogens is 711 g/mol. The molecule has 0 bridgehead atoms. The van der Waals surface area contributed by atoms with Crippen molar-refractivity contribution >= 4 is 45.1 Å². The van der Waals surface area contributed by atoms with Crippen LogP contribution in [0, 0.1) is 17.0 Å². The third-order valence-corrected chi connectivity index (χ3v) is 9.06. The summed E-state index contributed by atoms with van der Waals surface area (Å²) >= 11 is 12.6. The van der Waals surface area contributed by atoms with E-state index in [-0.39, 0.29) is 62.9 Å². The van der Waals surface area contributed by atoms with E-state index in [0.717, 1.165) is 38.1 Å². The Bertz CT molecular complexity index is 1790. The van der Waals surface area contributed by atoms with Gasteiger partial charge in [0.25, 0.3) is 5.91 Å². The second kappa shape index (κ2) is 15.7. The Balaban J connectivity index is 1.33. The summed E-state index contributed by atoms with van der Waals surface area (Å²) in [6.07, 6.45) is 4.72. The highest BCUT2D eigenvalue weighted by Gasteiger charge is 2.27. The van der Waals surface area contributed by atoms with Crippen LogP contribution in [0.2, 0.25) is 10.0 Å². The molecule has 3 aromatic rings. The predicted octanol–water partition coefficient (Wildman–Crippen LogP) is 4.85. The molecule has 1 atom stereocenters. The minimum atomic E-state index is -3.88. The van der Waals surface area contributed by atoms with Crippen LogP contribution in [0.25, 0.3) is 0 Å². The molecule has 49 heavy (non-hydrogen) atoms. The molecule has 0 aliphatic heterocycles. The van der Waals surface area contributed by atoms with Gasteiger partial charge in [0.2, 0.25) is 10.0 Å². The summed E-state index contributed by atoms with van der Waals surface area (Å²) in [4.78, 5) is 26.2. The summed E-state index contributed by atoms with van der Waals surface area (Å²) in [5, 5.41) is 19.5. The third-order valence-electron chi connectivity index (χ3n) is 7.70. The van der Waals surface area contributed by atoms with Crippen molar-refractivity contribution in [2.45, 2.75) is 50.6 Å². The van der Waals surface area contributed by atoms with Crippen LogP contribution in [0.5, 0.6) is 17.2 Å². The van der Waals surface area contributed by atoms with Crippen molar-refractivity contribution in [1.82, 2.24) is 5.32 Å². The van der Waals surface area contributed by atoms with Gasteiger partial charge in [0.15, 0.2) is 23.9 Å². The van der Waals surface area contributed by atoms with Gasteiger partial charge in [-0.05, 0) is 67.3 Å². The Morgan fingerprint density at radius 2 is 1.59 bits per heavy atom. The first kappa shape index (κ1) is 36.4. The van der Waals surface area contributed by atoms with Crippen molar-refractivity contribution in [3.63, 3.8) is 0 Å². The molecule has 0 unspecified atom stereocenters. The highest BCUT2D eigenvalue weighted by molar-refractivity contribution is 7.88. The van der Waals surface area contributed by atoms with E-state index in [1.54, 1.807) is 0 Å². The largest absolute Gasteiger partial charge is 0.619 e. The van der Waals surface area contributed by atoms with Crippen LogP contribution in [-0.2, 0) is 31.7 Å². The van der Waals surface area contributed by atoms with Crippen LogP contribution in [0.1, 0.15) is 58.8 Å². The molecule has 1 amide bonds. The van der Waals surface area contributed by atoms with Crippen LogP contribution < -0.4 is 29.4 Å². The van der Waals surface area contributed by atoms with E-state index < -0.39 is 46.9 Å². The number of pyridine rings is 1. The number of nitrogens with one attached hydrogen (secondary N) is 1. The number of aromatic nitrogens is 1. The number of nitrogens with two attached hydrogens (primary N) is 1. The van der Waals surface area contributed by atoms with Gasteiger partial charge in [-0.2, -0.15) is 13.5 Å². The van der Waals surface area contributed by atoms with Gasteiger partial charge in [-0.15, -0.1) is 0 Å². The lowest BCUT2D eigenvalue weighted by molar-refractivity contribution is -0.605. The summed E-state index contributed by atoms with van der Waals surface area (Å²) in [6.45, 7) is -3.09. The number of hydrogen-bond acceptors (Lipinski definition) is 9. The number of sulfonamides is 1. The molecule has 1 aromatic heterocycles. The van der Waals surface area contributed by atoms with Crippen molar-refractivity contribution in [2.24, 2.45) is 17.0 Å². The fraction of sp³-hybridized carbons (Fsp3) is 0.406. The van der Waals surface area contributed by atoms with Gasteiger partial charge in [0.1, 0.15) is 28.4 Å². The van der Waals surface area contributed by atoms with Crippen molar-refractivity contribution in [1.29, 1.82) is 0 Å². The number of esters is 1. The van der Waals surface area contributed by atoms with Crippen LogP contribution >= 0.6 is 23.2 Å². The van der Waals surface area contributed by atoms with Gasteiger partial charge < -0.3 is 29.5 Å². The van der Waals surface area contributed by atoms with Crippen LogP contribution in [0.3, 0.4) is 0 Å². The van der Waals surface area contributed by atoms with E-state index in [9.17, 15) is 32.0 Å². The first-order chi connectivity index (χ1) is 23.2. The Hall–Kier alpha value is -3.92. The lowest BCUT2D eigenvalue weighted by Gasteiger charge is -2.21. The highest BCUT2D eigenvalue weighted by Crippen LogP contribution is 2.38. The highest BCUT2D eigenvalue weighted by atomic mass is 35.5. The minimum absolute atomic E-state index is 0.00676. The number of amides is 1. The molecule has 2 aliphatic carbocycles. The van der Waals surface area contributed by atoms with E-state index in [4.69, 9.17) is 42.6 Å². The maximum absolute atomic E-state index is 13.1. The summed E-state index contributed by atoms with van der Waals surface area (Å²) in [5.41, 5.74) is 0.951. The van der Waals surface area contributed by atoms with Gasteiger partial charge in [0, 0.05) is 23.1 Å². The molecule has 0 radical (unpaired) electrons. The van der Waals surface area contributed by atoms with Crippen LogP contribution in [0.15, 0.2) is 48.8 Å². The van der Waals surface area contributed by atoms with E-state index in [0.29, 0.717) is 22.8 Å². The van der Waals surface area contributed by atoms with Gasteiger partial charge in [-0.3, -0.25) is 9.59 Å². The van der Waals surface area contributed by atoms with Gasteiger partial charge in [0.05, 0.1) is 19.0 Å². The average molecular weight is 745 g/mol. The Morgan fingerprint density at radius 3 is 2.18 bits per heavy atom. The lowest BCUT2D eigenvalue weighted by Crippen LogP contribution is -2.32. The van der Waals surface area contributed by atoms with Gasteiger partial charge in [-0.1, -0.05) is 35.3 Å². The quantitative estimate of drug-likeness (QED) is 0.111. The van der Waals surface area contributed by atoms with Crippen molar-refractivity contribution in [3.8, 4) is 17.2 Å². The van der Waals surface area contributed by atoms with E-state index in [1.807, 2.05) is 0 Å². The number of carbonyl (C=O) groups excluding carboxylic acids is 2. The lowest BCUT2D eigenvalue weighted by atomic mass is 10.0. The first-order valence-electron chi connectivity index (χ1n) is 15.3. The molecular formula is C32H33Cl2F2N3O9S. The summed E-state index contributed by atoms with van der Waals surface area (Å²) < 4.78 is 72.0. The van der Waals surface area contributed by atoms with Crippen molar-refractivity contribution < 1.29 is 50.5 Å². The molecule has 3 N–H and O–H groups in total. The number of ether oxygens (including phenoxy) is 4. The molecule has 12 nitrogen and oxygen atoms in total. The monoisotopic (exact) mass is 743 g/mol. The maximum Gasteiger partial charge on any atom is 0.387 e. The summed E-state index contributed by atoms with van der Waals surface area (Å²) in [5.74, 6) is -1.44. The topological polar surface area (TPSA) is 170 Å². The Morgan fingerprint density at radius 1 is 0.959 bits per heavy atom. The van der Waals surface area contributed by atoms with E-state index >= 15 is 0 Å². The standard InChI is InChI=1S/C32H33Cl2F2N3O9S/c33-24-13-39(42)14-25(34)23(24)11-28(20-7-8-26(48-32(35)36)29(9-20)46-16-19-3-4-19)47-30(40)12-38-31(41)21-5-6-22(17-49(37,43)44)27(10-21)45-15-18-1-2-18/h5-10,13-14,18-19,28,32H,1-4,11-12,15-17H2,(H,38,41)(H2,37,43,44)/t28-/m0/s1. The number of halogens is 4. The second-order valence-electron chi connectivity index (χ2n) is 11.9. The van der Waals surface area contributed by atoms with Crippen LogP contribution in [0.4, 0.5) is 8.78 Å². The first-order valence-corrected chi connectivity index (χ1v) is 17.7. The number of nitrogens with zero attached hydrogens (tertiary/aromatic N) is 1. The summed E-state index contributed by atoms with van der Waals surface area (Å²) in [6, 6.07) is 8.24. The molecule has 0 spiro atoms. The maximum atomic E-state index is 13.1. The number of carbonyl (C=O) groups is 2. The normalized spacial score (nSPS) is 15.1. The SMILES string of the molecule is NS(=O)(=O)Cc1ccc(C(=O)NCC(=O)O[C@@H](Cc2c(Cl)c[n+]([O-])cc2Cl)c2ccc(OC(F)F)c(OCC3CC3)c2)cc1OCC1CC1. The zero-order valence-electron chi connectivity index (χ0n) is 25.9. The molecule has 2 aromatic carbocycles. The second-order valence-corrected chi connectivity index (χ2v) is 14.3. The van der Waals surface area contributed by atoms with E-state index in [2.05, 4.69) is 10.1 Å². The molecule has 2 fully saturated rings. The molecule has 1 heterocycles. The van der Waals surface area contributed by atoms with Crippen LogP contribution in [-0.4, -0.2) is 46.7 Å². The third kappa shape index (κ3) is 11.0. The van der Waals surface area contributed by atoms with Gasteiger partial charge >= 0.3 is 12.6 Å². The Kier molecular flexibility index (Phi) is 11.7. The number of primary sulfonamides is 1. The molecule has 264 valence electrons. The number of rotatable bonds is 17. The van der Waals surface area contributed by atoms with Crippen molar-refractivity contribution in [2.75, 3.05) is 19.8 Å². The molecule has 2 aliphatic rings. The fourth-order valence-corrected chi connectivity index (χ4v) is 6.05. The fourth-order valence-electron chi connectivity index (χ4n) is 4.77. The number of alkyl halides is 2. The predicted molar refractivity (Wildman–Crippen MR) is 173 cm³/mol. The zero-order chi connectivity index (χ0) is 35.3. The number of hydrogen-bond donors (Lipinski definition) is 2. The molecule has 17 heteroatoms. The number of benzene rings is 2. The summed E-state index contributed by atoms with van der Waals surface area (Å²) in [7, 11) is -3.88. The average Bonchev–Trinajstić information content (AvgIpc) is 3.95. The van der Waals surface area contributed by atoms with E-state index in [1.165, 1.54) is 36.4 Å². The molecule has 2 saturated carbocycles.